The Morgan fingerprint density at radius 2 is 2.15 bits per heavy atom. The quantitative estimate of drug-likeness (QED) is 0.643. The third-order valence-electron chi connectivity index (χ3n) is 2.24. The van der Waals surface area contributed by atoms with Gasteiger partial charge in [0.25, 0.3) is 0 Å². The standard InChI is InChI=1S/C10H11NO2/c1-11-5-7-4-8(12)2-3-9(7)10(13)6-11/h2-4,12H,5-6H2,1H3. The van der Waals surface area contributed by atoms with E-state index in [2.05, 4.69) is 0 Å². The van der Waals surface area contributed by atoms with Crippen molar-refractivity contribution in [1.82, 2.24) is 4.90 Å². The molecule has 13 heavy (non-hydrogen) atoms. The Morgan fingerprint density at radius 1 is 1.38 bits per heavy atom. The zero-order valence-electron chi connectivity index (χ0n) is 7.45. The highest BCUT2D eigenvalue weighted by Gasteiger charge is 2.20. The molecule has 0 radical (unpaired) electrons. The molecular formula is C10H11NO2. The fraction of sp³-hybridized carbons (Fsp3) is 0.300. The normalized spacial score (nSPS) is 17.2. The smallest absolute Gasteiger partial charge is 0.177 e. The van der Waals surface area contributed by atoms with E-state index in [1.54, 1.807) is 18.2 Å². The van der Waals surface area contributed by atoms with Crippen LogP contribution in [0.5, 0.6) is 5.75 Å². The lowest BCUT2D eigenvalue weighted by atomic mass is 9.99. The molecule has 0 unspecified atom stereocenters. The van der Waals surface area contributed by atoms with Crippen LogP contribution in [0.25, 0.3) is 0 Å². The Labute approximate surface area is 76.6 Å². The number of hydrogen-bond donors (Lipinski definition) is 1. The molecule has 68 valence electrons. The lowest BCUT2D eigenvalue weighted by Gasteiger charge is -2.23. The van der Waals surface area contributed by atoms with Crippen molar-refractivity contribution in [2.75, 3.05) is 13.6 Å². The maximum atomic E-state index is 11.5. The molecule has 1 heterocycles. The van der Waals surface area contributed by atoms with Gasteiger partial charge in [0.15, 0.2) is 5.78 Å². The Morgan fingerprint density at radius 3 is 2.92 bits per heavy atom. The van der Waals surface area contributed by atoms with Crippen LogP contribution in [0.1, 0.15) is 15.9 Å². The van der Waals surface area contributed by atoms with E-state index in [9.17, 15) is 9.90 Å². The highest BCUT2D eigenvalue weighted by Crippen LogP contribution is 2.21. The van der Waals surface area contributed by atoms with Gasteiger partial charge in [-0.25, -0.2) is 0 Å². The van der Waals surface area contributed by atoms with Gasteiger partial charge >= 0.3 is 0 Å². The second kappa shape index (κ2) is 2.85. The molecule has 0 saturated heterocycles. The van der Waals surface area contributed by atoms with Gasteiger partial charge in [-0.05, 0) is 30.8 Å². The maximum Gasteiger partial charge on any atom is 0.177 e. The van der Waals surface area contributed by atoms with E-state index in [0.717, 1.165) is 17.7 Å². The number of rotatable bonds is 0. The largest absolute Gasteiger partial charge is 0.508 e. The van der Waals surface area contributed by atoms with Crippen LogP contribution in [0.3, 0.4) is 0 Å². The minimum absolute atomic E-state index is 0.128. The summed E-state index contributed by atoms with van der Waals surface area (Å²) < 4.78 is 0. The predicted molar refractivity (Wildman–Crippen MR) is 48.8 cm³/mol. The van der Waals surface area contributed by atoms with E-state index < -0.39 is 0 Å². The first kappa shape index (κ1) is 8.26. The number of likely N-dealkylation sites (N-methyl/N-ethyl adjacent to an activating group) is 1. The third kappa shape index (κ3) is 1.42. The number of phenols is 1. The van der Waals surface area contributed by atoms with Gasteiger partial charge < -0.3 is 5.11 Å². The monoisotopic (exact) mass is 177 g/mol. The Bertz CT molecular complexity index is 360. The van der Waals surface area contributed by atoms with Crippen molar-refractivity contribution in [1.29, 1.82) is 0 Å². The SMILES string of the molecule is CN1CC(=O)c2ccc(O)cc2C1. The van der Waals surface area contributed by atoms with E-state index in [1.165, 1.54) is 0 Å². The van der Waals surface area contributed by atoms with E-state index in [4.69, 9.17) is 0 Å². The summed E-state index contributed by atoms with van der Waals surface area (Å²) >= 11 is 0. The highest BCUT2D eigenvalue weighted by molar-refractivity contribution is 5.99. The molecule has 0 aromatic heterocycles. The summed E-state index contributed by atoms with van der Waals surface area (Å²) in [6.07, 6.45) is 0. The minimum atomic E-state index is 0.128. The molecule has 1 aliphatic rings. The molecule has 0 bridgehead atoms. The number of ketones is 1. The fourth-order valence-corrected chi connectivity index (χ4v) is 1.66. The summed E-state index contributed by atoms with van der Waals surface area (Å²) in [5, 5.41) is 9.23. The second-order valence-corrected chi connectivity index (χ2v) is 3.44. The van der Waals surface area contributed by atoms with Crippen molar-refractivity contribution in [3.63, 3.8) is 0 Å². The number of carbonyl (C=O) groups excluding carboxylic acids is 1. The van der Waals surface area contributed by atoms with Gasteiger partial charge in [0.1, 0.15) is 5.75 Å². The van der Waals surface area contributed by atoms with Crippen LogP contribution in [-0.4, -0.2) is 29.4 Å². The average molecular weight is 177 g/mol. The maximum absolute atomic E-state index is 11.5. The number of carbonyl (C=O) groups is 1. The van der Waals surface area contributed by atoms with E-state index >= 15 is 0 Å². The molecule has 3 nitrogen and oxygen atoms in total. The van der Waals surface area contributed by atoms with Crippen LogP contribution >= 0.6 is 0 Å². The van der Waals surface area contributed by atoms with Crippen LogP contribution in [0.15, 0.2) is 18.2 Å². The van der Waals surface area contributed by atoms with Crippen molar-refractivity contribution < 1.29 is 9.90 Å². The first-order valence-electron chi connectivity index (χ1n) is 4.20. The molecule has 3 heteroatoms. The first-order chi connectivity index (χ1) is 6.16. The lowest BCUT2D eigenvalue weighted by Crippen LogP contribution is -2.31. The summed E-state index contributed by atoms with van der Waals surface area (Å²) in [4.78, 5) is 13.4. The number of Topliss-reactive ketones (excluding diaryl/α,β-unsaturated/α-hetero) is 1. The molecule has 1 aromatic rings. The van der Waals surface area contributed by atoms with Crippen LogP contribution in [0.4, 0.5) is 0 Å². The number of fused-ring (bicyclic) bond motifs is 1. The number of benzene rings is 1. The third-order valence-corrected chi connectivity index (χ3v) is 2.24. The van der Waals surface area contributed by atoms with Crippen molar-refractivity contribution >= 4 is 5.78 Å². The summed E-state index contributed by atoms with van der Waals surface area (Å²) in [7, 11) is 1.89. The Hall–Kier alpha value is -1.35. The molecule has 1 aromatic carbocycles. The van der Waals surface area contributed by atoms with Crippen molar-refractivity contribution in [2.45, 2.75) is 6.54 Å². The minimum Gasteiger partial charge on any atom is -0.508 e. The molecule has 0 aliphatic carbocycles. The molecule has 0 atom stereocenters. The topological polar surface area (TPSA) is 40.5 Å². The first-order valence-corrected chi connectivity index (χ1v) is 4.20. The summed E-state index contributed by atoms with van der Waals surface area (Å²) in [6, 6.07) is 4.91. The molecule has 0 spiro atoms. The number of phenolic OH excluding ortho intramolecular Hbond substituents is 1. The predicted octanol–water partition coefficient (Wildman–Crippen LogP) is 1.02. The van der Waals surface area contributed by atoms with E-state index in [-0.39, 0.29) is 11.5 Å². The van der Waals surface area contributed by atoms with Crippen molar-refractivity contribution in [2.24, 2.45) is 0 Å². The summed E-state index contributed by atoms with van der Waals surface area (Å²) in [6.45, 7) is 1.20. The van der Waals surface area contributed by atoms with E-state index in [0.29, 0.717) is 6.54 Å². The Balaban J connectivity index is 2.49. The molecular weight excluding hydrogens is 166 g/mol. The highest BCUT2D eigenvalue weighted by atomic mass is 16.3. The lowest BCUT2D eigenvalue weighted by molar-refractivity contribution is 0.0923. The zero-order valence-corrected chi connectivity index (χ0v) is 7.45. The fourth-order valence-electron chi connectivity index (χ4n) is 1.66. The summed E-state index contributed by atoms with van der Waals surface area (Å²) in [5.41, 5.74) is 1.66. The van der Waals surface area contributed by atoms with Gasteiger partial charge in [0.2, 0.25) is 0 Å². The molecule has 0 saturated carbocycles. The van der Waals surface area contributed by atoms with Crippen LogP contribution in [-0.2, 0) is 6.54 Å². The average Bonchev–Trinajstić information content (AvgIpc) is 2.02. The van der Waals surface area contributed by atoms with Gasteiger partial charge in [-0.2, -0.15) is 0 Å². The molecule has 1 N–H and O–H groups in total. The molecule has 1 aliphatic heterocycles. The van der Waals surface area contributed by atoms with Gasteiger partial charge in [-0.15, -0.1) is 0 Å². The van der Waals surface area contributed by atoms with Gasteiger partial charge in [0, 0.05) is 12.1 Å². The van der Waals surface area contributed by atoms with Crippen molar-refractivity contribution in [3.05, 3.63) is 29.3 Å². The van der Waals surface area contributed by atoms with Crippen LogP contribution < -0.4 is 0 Å². The molecule has 0 fully saturated rings. The number of aromatic hydroxyl groups is 1. The molecule has 0 amide bonds. The van der Waals surface area contributed by atoms with Crippen molar-refractivity contribution in [3.8, 4) is 5.75 Å². The molecule has 2 rings (SSSR count). The summed E-state index contributed by atoms with van der Waals surface area (Å²) in [5.74, 6) is 0.352. The second-order valence-electron chi connectivity index (χ2n) is 3.44. The van der Waals surface area contributed by atoms with Crippen LogP contribution in [0.2, 0.25) is 0 Å². The van der Waals surface area contributed by atoms with Gasteiger partial charge in [-0.3, -0.25) is 9.69 Å². The van der Waals surface area contributed by atoms with Gasteiger partial charge in [-0.1, -0.05) is 0 Å². The number of nitrogens with zero attached hydrogens (tertiary/aromatic N) is 1. The van der Waals surface area contributed by atoms with E-state index in [1.807, 2.05) is 11.9 Å². The van der Waals surface area contributed by atoms with Crippen LogP contribution in [0, 0.1) is 0 Å². The van der Waals surface area contributed by atoms with Gasteiger partial charge in [0.05, 0.1) is 6.54 Å². The Kier molecular flexibility index (Phi) is 1.81. The zero-order chi connectivity index (χ0) is 9.42. The number of hydrogen-bond acceptors (Lipinski definition) is 3.